The number of nitrogens with zero attached hydrogens (tertiary/aromatic N) is 5. The van der Waals surface area contributed by atoms with Crippen molar-refractivity contribution < 1.29 is 19.1 Å². The van der Waals surface area contributed by atoms with Crippen molar-refractivity contribution in [2.45, 2.75) is 64.6 Å². The molecule has 5 rings (SSSR count). The Morgan fingerprint density at radius 2 is 1.65 bits per heavy atom. The molecule has 1 saturated heterocycles. The summed E-state index contributed by atoms with van der Waals surface area (Å²) in [7, 11) is 3.19. The first-order valence-corrected chi connectivity index (χ1v) is 14.2. The van der Waals surface area contributed by atoms with Crippen LogP contribution in [0.2, 0.25) is 0 Å². The number of benzene rings is 1. The van der Waals surface area contributed by atoms with Crippen LogP contribution in [0.5, 0.6) is 0 Å². The largest absolute Gasteiger partial charge is 0.465 e. The Kier molecular flexibility index (Phi) is 7.66. The van der Waals surface area contributed by atoms with Crippen molar-refractivity contribution in [1.29, 1.82) is 0 Å². The zero-order chi connectivity index (χ0) is 28.6. The van der Waals surface area contributed by atoms with E-state index in [0.717, 1.165) is 62.3 Å². The van der Waals surface area contributed by atoms with Crippen LogP contribution in [0.4, 0.5) is 16.3 Å². The number of anilines is 2. The lowest BCUT2D eigenvalue weighted by Crippen LogP contribution is -2.47. The molecule has 0 unspecified atom stereocenters. The first-order valence-electron chi connectivity index (χ1n) is 14.2. The third kappa shape index (κ3) is 5.60. The standard InChI is InChI=1S/C31H41N5O4/c1-7-21-8-10-22(11-9-21)34-14-16-35(17-15-34)27-13-12-25-26(29(37)39-6)20-36(28(25)32-27)24-18-23(19-24)33(5)30(38)40-31(2,3)4/h8-13,20,23-24H,7,14-19H2,1-6H3/t23-,24+. The highest BCUT2D eigenvalue weighted by atomic mass is 16.6. The van der Waals surface area contributed by atoms with Crippen LogP contribution in [0.15, 0.2) is 42.6 Å². The van der Waals surface area contributed by atoms with Crippen molar-refractivity contribution in [1.82, 2.24) is 14.5 Å². The molecule has 214 valence electrons. The highest BCUT2D eigenvalue weighted by Crippen LogP contribution is 2.39. The van der Waals surface area contributed by atoms with E-state index < -0.39 is 5.60 Å². The molecule has 0 spiro atoms. The Morgan fingerprint density at radius 3 is 2.25 bits per heavy atom. The highest BCUT2D eigenvalue weighted by Gasteiger charge is 2.38. The molecule has 0 radical (unpaired) electrons. The molecule has 9 heteroatoms. The summed E-state index contributed by atoms with van der Waals surface area (Å²) in [6.07, 6.45) is 4.12. The number of esters is 1. The summed E-state index contributed by atoms with van der Waals surface area (Å²) in [4.78, 5) is 36.7. The minimum atomic E-state index is -0.536. The fourth-order valence-corrected chi connectivity index (χ4v) is 5.56. The van der Waals surface area contributed by atoms with Crippen LogP contribution < -0.4 is 9.80 Å². The van der Waals surface area contributed by atoms with Gasteiger partial charge in [0.05, 0.1) is 12.7 Å². The summed E-state index contributed by atoms with van der Waals surface area (Å²) < 4.78 is 12.7. The van der Waals surface area contributed by atoms with Gasteiger partial charge in [-0.05, 0) is 69.9 Å². The lowest BCUT2D eigenvalue weighted by molar-refractivity contribution is 0.00809. The SMILES string of the molecule is CCc1ccc(N2CCN(c3ccc4c(C(=O)OC)cn([C@H]5C[C@@H](N(C)C(=O)OC(C)(C)C)C5)c4n3)CC2)cc1. The number of hydrogen-bond donors (Lipinski definition) is 0. The van der Waals surface area contributed by atoms with Crippen LogP contribution in [-0.4, -0.2) is 78.5 Å². The number of carbonyl (C=O) groups is 2. The van der Waals surface area contributed by atoms with Crippen LogP contribution in [0.25, 0.3) is 11.0 Å². The van der Waals surface area contributed by atoms with E-state index in [1.165, 1.54) is 18.4 Å². The minimum Gasteiger partial charge on any atom is -0.465 e. The number of piperazine rings is 1. The van der Waals surface area contributed by atoms with Crippen LogP contribution in [0, 0.1) is 0 Å². The van der Waals surface area contributed by atoms with E-state index in [4.69, 9.17) is 14.5 Å². The zero-order valence-electron chi connectivity index (χ0n) is 24.5. The Bertz CT molecular complexity index is 1360. The molecule has 1 amide bonds. The lowest BCUT2D eigenvalue weighted by atomic mass is 9.85. The quantitative estimate of drug-likeness (QED) is 0.388. The monoisotopic (exact) mass is 547 g/mol. The summed E-state index contributed by atoms with van der Waals surface area (Å²) in [5.74, 6) is 0.536. The van der Waals surface area contributed by atoms with E-state index in [0.29, 0.717) is 5.56 Å². The Morgan fingerprint density at radius 1 is 1.00 bits per heavy atom. The third-order valence-corrected chi connectivity index (χ3v) is 8.09. The average molecular weight is 548 g/mol. The number of ether oxygens (including phenoxy) is 2. The zero-order valence-corrected chi connectivity index (χ0v) is 24.5. The van der Waals surface area contributed by atoms with E-state index in [9.17, 15) is 9.59 Å². The van der Waals surface area contributed by atoms with Crippen molar-refractivity contribution in [3.05, 3.63) is 53.7 Å². The number of hydrogen-bond acceptors (Lipinski definition) is 7. The van der Waals surface area contributed by atoms with Gasteiger partial charge in [0.25, 0.3) is 0 Å². The normalized spacial score (nSPS) is 19.4. The maximum atomic E-state index is 12.6. The number of aromatic nitrogens is 2. The van der Waals surface area contributed by atoms with Crippen molar-refractivity contribution in [3.63, 3.8) is 0 Å². The van der Waals surface area contributed by atoms with E-state index >= 15 is 0 Å². The average Bonchev–Trinajstić information content (AvgIpc) is 3.29. The van der Waals surface area contributed by atoms with Crippen molar-refractivity contribution >= 4 is 34.6 Å². The first-order chi connectivity index (χ1) is 19.1. The summed E-state index contributed by atoms with van der Waals surface area (Å²) in [5, 5.41) is 0.786. The number of pyridine rings is 1. The number of methoxy groups -OCH3 is 1. The van der Waals surface area contributed by atoms with Crippen molar-refractivity contribution in [2.75, 3.05) is 50.1 Å². The third-order valence-electron chi connectivity index (χ3n) is 8.09. The maximum absolute atomic E-state index is 12.6. The van der Waals surface area contributed by atoms with Gasteiger partial charge in [0.2, 0.25) is 0 Å². The van der Waals surface area contributed by atoms with E-state index in [2.05, 4.69) is 45.6 Å². The number of aryl methyl sites for hydroxylation is 1. The topological polar surface area (TPSA) is 80.1 Å². The molecular formula is C31H41N5O4. The van der Waals surface area contributed by atoms with E-state index in [1.54, 1.807) is 11.9 Å². The Balaban J connectivity index is 1.32. The molecule has 2 fully saturated rings. The van der Waals surface area contributed by atoms with Gasteiger partial charge in [-0.2, -0.15) is 0 Å². The second kappa shape index (κ2) is 11.0. The van der Waals surface area contributed by atoms with Gasteiger partial charge in [-0.1, -0.05) is 19.1 Å². The Hall–Kier alpha value is -3.75. The second-order valence-corrected chi connectivity index (χ2v) is 11.8. The molecular weight excluding hydrogens is 506 g/mol. The van der Waals surface area contributed by atoms with Gasteiger partial charge in [-0.25, -0.2) is 14.6 Å². The summed E-state index contributed by atoms with van der Waals surface area (Å²) in [6.45, 7) is 11.4. The molecule has 0 atom stereocenters. The fraction of sp³-hybridized carbons (Fsp3) is 0.516. The van der Waals surface area contributed by atoms with Crippen LogP contribution in [-0.2, 0) is 15.9 Å². The number of amides is 1. The highest BCUT2D eigenvalue weighted by molar-refractivity contribution is 6.03. The first kappa shape index (κ1) is 27.8. The van der Waals surface area contributed by atoms with Gasteiger partial charge < -0.3 is 28.7 Å². The van der Waals surface area contributed by atoms with Crippen LogP contribution >= 0.6 is 0 Å². The smallest absolute Gasteiger partial charge is 0.410 e. The molecule has 3 heterocycles. The van der Waals surface area contributed by atoms with Gasteiger partial charge in [0.15, 0.2) is 0 Å². The van der Waals surface area contributed by atoms with E-state index in [-0.39, 0.29) is 24.1 Å². The maximum Gasteiger partial charge on any atom is 0.410 e. The van der Waals surface area contributed by atoms with Gasteiger partial charge in [0, 0.05) is 62.6 Å². The van der Waals surface area contributed by atoms with Crippen molar-refractivity contribution in [3.8, 4) is 0 Å². The molecule has 1 aromatic carbocycles. The summed E-state index contributed by atoms with van der Waals surface area (Å²) in [5.41, 5.74) is 3.36. The predicted octanol–water partition coefficient (Wildman–Crippen LogP) is 5.28. The lowest BCUT2D eigenvalue weighted by Gasteiger charge is -2.42. The molecule has 2 aromatic heterocycles. The molecule has 3 aromatic rings. The van der Waals surface area contributed by atoms with Gasteiger partial charge in [-0.15, -0.1) is 0 Å². The minimum absolute atomic E-state index is 0.0709. The molecule has 9 nitrogen and oxygen atoms in total. The molecule has 1 aliphatic carbocycles. The molecule has 0 N–H and O–H groups in total. The molecule has 40 heavy (non-hydrogen) atoms. The predicted molar refractivity (Wildman–Crippen MR) is 157 cm³/mol. The second-order valence-electron chi connectivity index (χ2n) is 11.8. The van der Waals surface area contributed by atoms with Gasteiger partial charge in [-0.3, -0.25) is 0 Å². The van der Waals surface area contributed by atoms with Gasteiger partial charge in [0.1, 0.15) is 17.1 Å². The Labute approximate surface area is 236 Å². The number of rotatable bonds is 6. The molecule has 2 aliphatic rings. The van der Waals surface area contributed by atoms with Crippen LogP contribution in [0.1, 0.15) is 62.5 Å². The molecule has 0 bridgehead atoms. The fourth-order valence-electron chi connectivity index (χ4n) is 5.56. The molecule has 1 saturated carbocycles. The number of carbonyl (C=O) groups excluding carboxylic acids is 2. The summed E-state index contributed by atoms with van der Waals surface area (Å²) >= 11 is 0. The summed E-state index contributed by atoms with van der Waals surface area (Å²) in [6, 6.07) is 13.0. The van der Waals surface area contributed by atoms with E-state index in [1.807, 2.05) is 39.1 Å². The van der Waals surface area contributed by atoms with Gasteiger partial charge >= 0.3 is 12.1 Å². The van der Waals surface area contributed by atoms with Crippen LogP contribution in [0.3, 0.4) is 0 Å². The number of fused-ring (bicyclic) bond motifs is 1. The van der Waals surface area contributed by atoms with Crippen molar-refractivity contribution in [2.24, 2.45) is 0 Å². The molecule has 1 aliphatic heterocycles.